The van der Waals surface area contributed by atoms with Crippen molar-refractivity contribution in [3.63, 3.8) is 0 Å². The number of allylic oxidation sites excluding steroid dienone is 1. The smallest absolute Gasteiger partial charge is 0.233 e. The molecule has 1 amide bonds. The fourth-order valence-electron chi connectivity index (χ4n) is 3.89. The Morgan fingerprint density at radius 3 is 2.36 bits per heavy atom. The van der Waals surface area contributed by atoms with Crippen LogP contribution in [0.1, 0.15) is 64.0 Å². The number of fused-ring (bicyclic) bond motifs is 1. The SMILES string of the molecule is CC(C)c1cccc2c1NC(CC(=O)N(c1ccccc1)C(C)C)=C(O)C2C. The van der Waals surface area contributed by atoms with Crippen molar-refractivity contribution in [3.8, 4) is 0 Å². The van der Waals surface area contributed by atoms with Crippen molar-refractivity contribution in [2.24, 2.45) is 0 Å². The van der Waals surface area contributed by atoms with Crippen molar-refractivity contribution >= 4 is 17.3 Å². The van der Waals surface area contributed by atoms with E-state index in [0.717, 1.165) is 16.9 Å². The first-order valence-electron chi connectivity index (χ1n) is 10.00. The molecule has 2 aromatic carbocycles. The third-order valence-corrected chi connectivity index (χ3v) is 5.36. The van der Waals surface area contributed by atoms with Crippen LogP contribution in [0.25, 0.3) is 0 Å². The van der Waals surface area contributed by atoms with Crippen molar-refractivity contribution in [2.75, 3.05) is 10.2 Å². The highest BCUT2D eigenvalue weighted by Crippen LogP contribution is 2.41. The number of carbonyl (C=O) groups excluding carboxylic acids is 1. The molecule has 1 atom stereocenters. The van der Waals surface area contributed by atoms with Gasteiger partial charge in [-0.15, -0.1) is 0 Å². The minimum Gasteiger partial charge on any atom is -0.510 e. The highest BCUT2D eigenvalue weighted by Gasteiger charge is 2.29. The number of amides is 1. The topological polar surface area (TPSA) is 52.6 Å². The average molecular weight is 379 g/mol. The zero-order valence-corrected chi connectivity index (χ0v) is 17.4. The molecule has 0 fully saturated rings. The number of nitrogens with zero attached hydrogens (tertiary/aromatic N) is 1. The first-order valence-corrected chi connectivity index (χ1v) is 10.00. The maximum Gasteiger partial charge on any atom is 0.233 e. The van der Waals surface area contributed by atoms with Gasteiger partial charge in [0.1, 0.15) is 5.76 Å². The molecule has 0 aliphatic carbocycles. The summed E-state index contributed by atoms with van der Waals surface area (Å²) in [4.78, 5) is 15.0. The first-order chi connectivity index (χ1) is 13.3. The highest BCUT2D eigenvalue weighted by atomic mass is 16.3. The van der Waals surface area contributed by atoms with Gasteiger partial charge in [0, 0.05) is 23.3 Å². The van der Waals surface area contributed by atoms with E-state index in [1.54, 1.807) is 4.90 Å². The van der Waals surface area contributed by atoms with Crippen molar-refractivity contribution in [2.45, 2.75) is 58.9 Å². The number of hydrogen-bond acceptors (Lipinski definition) is 3. The Labute approximate surface area is 167 Å². The molecule has 0 spiro atoms. The summed E-state index contributed by atoms with van der Waals surface area (Å²) in [6.07, 6.45) is 0.134. The number of para-hydroxylation sites is 2. The summed E-state index contributed by atoms with van der Waals surface area (Å²) in [6.45, 7) is 10.3. The van der Waals surface area contributed by atoms with E-state index < -0.39 is 0 Å². The molecule has 4 nitrogen and oxygen atoms in total. The summed E-state index contributed by atoms with van der Waals surface area (Å²) in [5, 5.41) is 14.2. The fraction of sp³-hybridized carbons (Fsp3) is 0.375. The van der Waals surface area contributed by atoms with Crippen LogP contribution in [-0.2, 0) is 4.79 Å². The Morgan fingerprint density at radius 2 is 1.75 bits per heavy atom. The van der Waals surface area contributed by atoms with Crippen LogP contribution in [0.15, 0.2) is 60.0 Å². The van der Waals surface area contributed by atoms with Gasteiger partial charge in [-0.25, -0.2) is 0 Å². The number of nitrogens with one attached hydrogen (secondary N) is 1. The number of hydrogen-bond donors (Lipinski definition) is 2. The molecule has 1 unspecified atom stereocenters. The van der Waals surface area contributed by atoms with E-state index in [1.165, 1.54) is 5.56 Å². The van der Waals surface area contributed by atoms with Crippen LogP contribution in [0, 0.1) is 0 Å². The minimum absolute atomic E-state index is 0.0252. The molecule has 0 radical (unpaired) electrons. The first kappa shape index (κ1) is 20.0. The molecule has 4 heteroatoms. The molecule has 0 saturated carbocycles. The van der Waals surface area contributed by atoms with Gasteiger partial charge in [-0.1, -0.05) is 57.2 Å². The molecule has 3 rings (SSSR count). The van der Waals surface area contributed by atoms with Crippen LogP contribution in [0.5, 0.6) is 0 Å². The summed E-state index contributed by atoms with van der Waals surface area (Å²) in [6, 6.07) is 15.9. The maximum absolute atomic E-state index is 13.2. The number of aliphatic hydroxyl groups excluding tert-OH is 1. The van der Waals surface area contributed by atoms with Crippen LogP contribution in [0.3, 0.4) is 0 Å². The Balaban J connectivity index is 1.92. The van der Waals surface area contributed by atoms with E-state index in [2.05, 4.69) is 25.2 Å². The normalized spacial score (nSPS) is 16.2. The van der Waals surface area contributed by atoms with Crippen LogP contribution >= 0.6 is 0 Å². The molecule has 28 heavy (non-hydrogen) atoms. The van der Waals surface area contributed by atoms with Crippen LogP contribution < -0.4 is 10.2 Å². The molecule has 1 aliphatic rings. The summed E-state index contributed by atoms with van der Waals surface area (Å²) in [5.74, 6) is 0.428. The molecule has 0 bridgehead atoms. The summed E-state index contributed by atoms with van der Waals surface area (Å²) < 4.78 is 0. The molecular formula is C24H30N2O2. The lowest BCUT2D eigenvalue weighted by Gasteiger charge is -2.31. The lowest BCUT2D eigenvalue weighted by atomic mass is 9.87. The Kier molecular flexibility index (Phi) is 5.78. The molecule has 2 aromatic rings. The quantitative estimate of drug-likeness (QED) is 0.677. The van der Waals surface area contributed by atoms with E-state index in [4.69, 9.17) is 0 Å². The molecule has 0 saturated heterocycles. The van der Waals surface area contributed by atoms with E-state index >= 15 is 0 Å². The van der Waals surface area contributed by atoms with Gasteiger partial charge in [-0.2, -0.15) is 0 Å². The molecule has 0 aromatic heterocycles. The second-order valence-electron chi connectivity index (χ2n) is 8.05. The van der Waals surface area contributed by atoms with Crippen molar-refractivity contribution < 1.29 is 9.90 Å². The average Bonchev–Trinajstić information content (AvgIpc) is 2.66. The van der Waals surface area contributed by atoms with Gasteiger partial charge in [0.25, 0.3) is 0 Å². The maximum atomic E-state index is 13.2. The van der Waals surface area contributed by atoms with Gasteiger partial charge in [0.2, 0.25) is 5.91 Å². The number of carbonyl (C=O) groups is 1. The second kappa shape index (κ2) is 8.09. The van der Waals surface area contributed by atoms with Gasteiger partial charge in [0.15, 0.2) is 0 Å². The predicted molar refractivity (Wildman–Crippen MR) is 116 cm³/mol. The number of rotatable bonds is 5. The van der Waals surface area contributed by atoms with E-state index in [1.807, 2.05) is 63.2 Å². The summed E-state index contributed by atoms with van der Waals surface area (Å²) in [7, 11) is 0. The van der Waals surface area contributed by atoms with E-state index in [0.29, 0.717) is 11.6 Å². The highest BCUT2D eigenvalue weighted by molar-refractivity contribution is 5.96. The monoisotopic (exact) mass is 378 g/mol. The van der Waals surface area contributed by atoms with Crippen molar-refractivity contribution in [1.82, 2.24) is 0 Å². The molecular weight excluding hydrogens is 348 g/mol. The number of benzene rings is 2. The lowest BCUT2D eigenvalue weighted by Crippen LogP contribution is -2.38. The fourth-order valence-corrected chi connectivity index (χ4v) is 3.89. The third kappa shape index (κ3) is 3.77. The number of aliphatic hydroxyl groups is 1. The molecule has 1 heterocycles. The van der Waals surface area contributed by atoms with Gasteiger partial charge >= 0.3 is 0 Å². The molecule has 2 N–H and O–H groups in total. The van der Waals surface area contributed by atoms with Crippen molar-refractivity contribution in [1.29, 1.82) is 0 Å². The zero-order chi connectivity index (χ0) is 20.4. The predicted octanol–water partition coefficient (Wildman–Crippen LogP) is 5.94. The Hall–Kier alpha value is -2.75. The molecule has 1 aliphatic heterocycles. The van der Waals surface area contributed by atoms with Gasteiger partial charge in [-0.05, 0) is 43.0 Å². The van der Waals surface area contributed by atoms with Crippen molar-refractivity contribution in [3.05, 3.63) is 71.1 Å². The summed E-state index contributed by atoms with van der Waals surface area (Å²) >= 11 is 0. The second-order valence-corrected chi connectivity index (χ2v) is 8.05. The van der Waals surface area contributed by atoms with Gasteiger partial charge < -0.3 is 15.3 Å². The minimum atomic E-state index is -0.137. The third-order valence-electron chi connectivity index (χ3n) is 5.36. The van der Waals surface area contributed by atoms with E-state index in [9.17, 15) is 9.90 Å². The van der Waals surface area contributed by atoms with Gasteiger partial charge in [0.05, 0.1) is 12.1 Å². The van der Waals surface area contributed by atoms with Gasteiger partial charge in [-0.3, -0.25) is 4.79 Å². The standard InChI is InChI=1S/C24H30N2O2/c1-15(2)19-12-9-13-20-17(5)24(28)21(25-23(19)20)14-22(27)26(16(3)4)18-10-7-6-8-11-18/h6-13,15-17,25,28H,14H2,1-5H3. The largest absolute Gasteiger partial charge is 0.510 e. The Morgan fingerprint density at radius 1 is 1.07 bits per heavy atom. The molecule has 148 valence electrons. The van der Waals surface area contributed by atoms with Crippen LogP contribution in [0.2, 0.25) is 0 Å². The van der Waals surface area contributed by atoms with Crippen LogP contribution in [0.4, 0.5) is 11.4 Å². The number of anilines is 2. The van der Waals surface area contributed by atoms with Crippen LogP contribution in [-0.4, -0.2) is 17.1 Å². The summed E-state index contributed by atoms with van der Waals surface area (Å²) in [5.41, 5.74) is 4.77. The zero-order valence-electron chi connectivity index (χ0n) is 17.4. The lowest BCUT2D eigenvalue weighted by molar-refractivity contribution is -0.118. The van der Waals surface area contributed by atoms with E-state index in [-0.39, 0.29) is 30.0 Å². The Bertz CT molecular complexity index is 885.